The molecule has 0 saturated carbocycles. The van der Waals surface area contributed by atoms with Gasteiger partial charge in [0, 0.05) is 17.9 Å². The number of rotatable bonds is 1. The van der Waals surface area contributed by atoms with E-state index in [-0.39, 0.29) is 0 Å². The van der Waals surface area contributed by atoms with E-state index in [0.29, 0.717) is 0 Å². The molecule has 1 fully saturated rings. The second kappa shape index (κ2) is 4.16. The van der Waals surface area contributed by atoms with Gasteiger partial charge >= 0.3 is 0 Å². The average Bonchev–Trinajstić information content (AvgIpc) is 2.60. The number of H-pyrrole nitrogens is 1. The van der Waals surface area contributed by atoms with Gasteiger partial charge in [-0.2, -0.15) is 0 Å². The van der Waals surface area contributed by atoms with Gasteiger partial charge in [-0.05, 0) is 69.2 Å². The Hall–Kier alpha value is -0.760. The average molecular weight is 232 g/mol. The summed E-state index contributed by atoms with van der Waals surface area (Å²) in [6.45, 7) is 7.12. The Balaban J connectivity index is 1.92. The fraction of sp³-hybridized carbons (Fsp3) is 0.733. The van der Waals surface area contributed by atoms with E-state index in [4.69, 9.17) is 0 Å². The van der Waals surface area contributed by atoms with Gasteiger partial charge in [0.1, 0.15) is 0 Å². The zero-order chi connectivity index (χ0) is 12.0. The standard InChI is InChI=1S/C15H24N2/c1-4-13-10(2)16-15-8-11-5-6-17(3)9-12(11)7-14(13)15/h11-12,16H,4-9H2,1-3H3. The monoisotopic (exact) mass is 232 g/mol. The first-order valence-corrected chi connectivity index (χ1v) is 7.06. The molecule has 0 bridgehead atoms. The Morgan fingerprint density at radius 2 is 2.12 bits per heavy atom. The number of fused-ring (bicyclic) bond motifs is 2. The molecule has 0 aromatic carbocycles. The van der Waals surface area contributed by atoms with Gasteiger partial charge in [0.15, 0.2) is 0 Å². The molecule has 0 spiro atoms. The molecule has 2 nitrogen and oxygen atoms in total. The van der Waals surface area contributed by atoms with Crippen LogP contribution in [0.25, 0.3) is 0 Å². The van der Waals surface area contributed by atoms with Crippen LogP contribution >= 0.6 is 0 Å². The highest BCUT2D eigenvalue weighted by Gasteiger charge is 2.34. The van der Waals surface area contributed by atoms with Crippen LogP contribution in [0.2, 0.25) is 0 Å². The lowest BCUT2D eigenvalue weighted by atomic mass is 9.73. The quantitative estimate of drug-likeness (QED) is 0.788. The lowest BCUT2D eigenvalue weighted by Gasteiger charge is -2.40. The lowest BCUT2D eigenvalue weighted by molar-refractivity contribution is 0.133. The van der Waals surface area contributed by atoms with Crippen molar-refractivity contribution < 1.29 is 0 Å². The summed E-state index contributed by atoms with van der Waals surface area (Å²) in [6.07, 6.45) is 5.19. The van der Waals surface area contributed by atoms with Crippen LogP contribution in [-0.4, -0.2) is 30.0 Å². The number of hydrogen-bond acceptors (Lipinski definition) is 1. The number of piperidine rings is 1. The molecule has 1 saturated heterocycles. The second-order valence-corrected chi connectivity index (χ2v) is 6.02. The minimum Gasteiger partial charge on any atom is -0.362 e. The third-order valence-electron chi connectivity index (χ3n) is 4.90. The maximum atomic E-state index is 3.65. The molecule has 1 N–H and O–H groups in total. The Morgan fingerprint density at radius 3 is 2.88 bits per heavy atom. The van der Waals surface area contributed by atoms with Crippen LogP contribution in [0.1, 0.15) is 35.9 Å². The van der Waals surface area contributed by atoms with Gasteiger partial charge in [-0.1, -0.05) is 6.92 Å². The van der Waals surface area contributed by atoms with E-state index in [1.54, 1.807) is 16.8 Å². The highest BCUT2D eigenvalue weighted by Crippen LogP contribution is 2.37. The third kappa shape index (κ3) is 1.83. The number of nitrogens with zero attached hydrogens (tertiary/aromatic N) is 1. The maximum absolute atomic E-state index is 3.65. The molecule has 0 radical (unpaired) electrons. The summed E-state index contributed by atoms with van der Waals surface area (Å²) in [5.74, 6) is 1.84. The molecule has 3 rings (SSSR count). The minimum atomic E-state index is 0.904. The molecule has 94 valence electrons. The summed E-state index contributed by atoms with van der Waals surface area (Å²) in [5.41, 5.74) is 6.25. The van der Waals surface area contributed by atoms with Crippen molar-refractivity contribution in [3.63, 3.8) is 0 Å². The molecule has 1 aliphatic carbocycles. The number of hydrogen-bond donors (Lipinski definition) is 1. The topological polar surface area (TPSA) is 19.0 Å². The van der Waals surface area contributed by atoms with Gasteiger partial charge in [0.25, 0.3) is 0 Å². The van der Waals surface area contributed by atoms with Gasteiger partial charge in [-0.25, -0.2) is 0 Å². The summed E-state index contributed by atoms with van der Waals surface area (Å²) >= 11 is 0. The summed E-state index contributed by atoms with van der Waals surface area (Å²) in [4.78, 5) is 6.16. The zero-order valence-corrected chi connectivity index (χ0v) is 11.3. The molecule has 0 amide bonds. The van der Waals surface area contributed by atoms with Gasteiger partial charge in [-0.15, -0.1) is 0 Å². The summed E-state index contributed by atoms with van der Waals surface area (Å²) in [7, 11) is 2.27. The predicted octanol–water partition coefficient (Wildman–Crippen LogP) is 2.55. The molecule has 1 aromatic rings. The lowest BCUT2D eigenvalue weighted by Crippen LogP contribution is -2.41. The van der Waals surface area contributed by atoms with Gasteiger partial charge in [0.05, 0.1) is 0 Å². The molecule has 2 unspecified atom stereocenters. The molecule has 17 heavy (non-hydrogen) atoms. The largest absolute Gasteiger partial charge is 0.362 e. The minimum absolute atomic E-state index is 0.904. The van der Waals surface area contributed by atoms with Crippen LogP contribution in [0.15, 0.2) is 0 Å². The van der Waals surface area contributed by atoms with Gasteiger partial charge < -0.3 is 9.88 Å². The van der Waals surface area contributed by atoms with Crippen molar-refractivity contribution in [2.24, 2.45) is 11.8 Å². The van der Waals surface area contributed by atoms with Crippen LogP contribution in [0.4, 0.5) is 0 Å². The van der Waals surface area contributed by atoms with Crippen LogP contribution < -0.4 is 0 Å². The fourth-order valence-corrected chi connectivity index (χ4v) is 3.97. The summed E-state index contributed by atoms with van der Waals surface area (Å²) in [6, 6.07) is 0. The molecule has 2 aliphatic rings. The Bertz CT molecular complexity index is 419. The van der Waals surface area contributed by atoms with E-state index >= 15 is 0 Å². The van der Waals surface area contributed by atoms with Crippen molar-refractivity contribution in [3.8, 4) is 0 Å². The maximum Gasteiger partial charge on any atom is 0.0187 e. The van der Waals surface area contributed by atoms with Crippen LogP contribution in [0, 0.1) is 18.8 Å². The highest BCUT2D eigenvalue weighted by atomic mass is 15.1. The third-order valence-corrected chi connectivity index (χ3v) is 4.90. The Kier molecular flexibility index (Phi) is 2.78. The van der Waals surface area contributed by atoms with E-state index in [0.717, 1.165) is 11.8 Å². The van der Waals surface area contributed by atoms with E-state index in [1.807, 2.05) is 0 Å². The number of aryl methyl sites for hydroxylation is 1. The molecule has 2 heterocycles. The second-order valence-electron chi connectivity index (χ2n) is 6.02. The van der Waals surface area contributed by atoms with E-state index in [1.165, 1.54) is 44.5 Å². The molecule has 1 aliphatic heterocycles. The Labute approximate surface area is 104 Å². The van der Waals surface area contributed by atoms with Crippen molar-refractivity contribution in [2.75, 3.05) is 20.1 Å². The van der Waals surface area contributed by atoms with E-state index in [2.05, 4.69) is 30.8 Å². The predicted molar refractivity (Wildman–Crippen MR) is 71.4 cm³/mol. The number of nitrogens with one attached hydrogen (secondary N) is 1. The van der Waals surface area contributed by atoms with Gasteiger partial charge in [-0.3, -0.25) is 0 Å². The number of aromatic nitrogens is 1. The van der Waals surface area contributed by atoms with E-state index < -0.39 is 0 Å². The van der Waals surface area contributed by atoms with Crippen LogP contribution in [0.5, 0.6) is 0 Å². The molecular formula is C15H24N2. The van der Waals surface area contributed by atoms with Crippen LogP contribution in [0.3, 0.4) is 0 Å². The van der Waals surface area contributed by atoms with Crippen molar-refractivity contribution >= 4 is 0 Å². The summed E-state index contributed by atoms with van der Waals surface area (Å²) in [5, 5.41) is 0. The molecule has 2 heteroatoms. The highest BCUT2D eigenvalue weighted by molar-refractivity contribution is 5.39. The van der Waals surface area contributed by atoms with Crippen molar-refractivity contribution in [3.05, 3.63) is 22.5 Å². The Morgan fingerprint density at radius 1 is 1.29 bits per heavy atom. The SMILES string of the molecule is CCc1c(C)[nH]c2c1CC1CN(C)CCC1C2. The molecule has 2 atom stereocenters. The van der Waals surface area contributed by atoms with Crippen molar-refractivity contribution in [2.45, 2.75) is 39.5 Å². The molecule has 1 aromatic heterocycles. The summed E-state index contributed by atoms with van der Waals surface area (Å²) < 4.78 is 0. The van der Waals surface area contributed by atoms with Crippen molar-refractivity contribution in [1.82, 2.24) is 9.88 Å². The first-order valence-electron chi connectivity index (χ1n) is 7.06. The van der Waals surface area contributed by atoms with Gasteiger partial charge in [0.2, 0.25) is 0 Å². The van der Waals surface area contributed by atoms with E-state index in [9.17, 15) is 0 Å². The van der Waals surface area contributed by atoms with Crippen molar-refractivity contribution in [1.29, 1.82) is 0 Å². The normalized spacial score (nSPS) is 28.9. The smallest absolute Gasteiger partial charge is 0.0187 e. The number of likely N-dealkylation sites (tertiary alicyclic amines) is 1. The first-order chi connectivity index (χ1) is 8.19. The zero-order valence-electron chi connectivity index (χ0n) is 11.3. The number of aromatic amines is 1. The fourth-order valence-electron chi connectivity index (χ4n) is 3.97. The first kappa shape index (κ1) is 11.3. The van der Waals surface area contributed by atoms with Crippen LogP contribution in [-0.2, 0) is 19.3 Å². The molecular weight excluding hydrogens is 208 g/mol.